The van der Waals surface area contributed by atoms with E-state index in [1.54, 1.807) is 12.1 Å². The highest BCUT2D eigenvalue weighted by atomic mass is 16.5. The summed E-state index contributed by atoms with van der Waals surface area (Å²) in [4.78, 5) is 26.3. The fraction of sp³-hybridized carbons (Fsp3) is 0.600. The maximum absolute atomic E-state index is 12.5. The van der Waals surface area contributed by atoms with Crippen LogP contribution < -0.4 is 14.8 Å². The zero-order valence-electron chi connectivity index (χ0n) is 16.5. The van der Waals surface area contributed by atoms with Crippen molar-refractivity contribution in [1.82, 2.24) is 4.90 Å². The van der Waals surface area contributed by atoms with E-state index in [9.17, 15) is 9.59 Å². The maximum atomic E-state index is 12.5. The SMILES string of the molecule is CCOC(=O)C1CCN(CC(=O)Nc2cc(OCC)ccc2OCC)CC1. The van der Waals surface area contributed by atoms with Gasteiger partial charge in [0.1, 0.15) is 11.5 Å². The van der Waals surface area contributed by atoms with Crippen LogP contribution in [0.4, 0.5) is 5.69 Å². The number of esters is 1. The quantitative estimate of drug-likeness (QED) is 0.666. The van der Waals surface area contributed by atoms with Crippen LogP contribution in [-0.2, 0) is 14.3 Å². The number of carbonyl (C=O) groups excluding carboxylic acids is 2. The van der Waals surface area contributed by atoms with Crippen LogP contribution in [-0.4, -0.2) is 56.2 Å². The zero-order chi connectivity index (χ0) is 19.6. The van der Waals surface area contributed by atoms with E-state index in [2.05, 4.69) is 10.2 Å². The number of nitrogens with zero attached hydrogens (tertiary/aromatic N) is 1. The van der Waals surface area contributed by atoms with Crippen LogP contribution in [0.15, 0.2) is 18.2 Å². The van der Waals surface area contributed by atoms with E-state index in [1.807, 2.05) is 26.8 Å². The summed E-state index contributed by atoms with van der Waals surface area (Å²) in [5.74, 6) is 1.01. The highest BCUT2D eigenvalue weighted by Gasteiger charge is 2.26. The number of benzene rings is 1. The molecule has 1 saturated heterocycles. The van der Waals surface area contributed by atoms with Crippen LogP contribution in [0.25, 0.3) is 0 Å². The number of piperidine rings is 1. The molecule has 0 aromatic heterocycles. The minimum atomic E-state index is -0.129. The Morgan fingerprint density at radius 2 is 1.78 bits per heavy atom. The zero-order valence-corrected chi connectivity index (χ0v) is 16.5. The molecule has 1 aromatic carbocycles. The second-order valence-electron chi connectivity index (χ2n) is 6.37. The number of anilines is 1. The molecule has 0 atom stereocenters. The third kappa shape index (κ3) is 6.43. The van der Waals surface area contributed by atoms with Crippen molar-refractivity contribution in [2.75, 3.05) is 44.8 Å². The maximum Gasteiger partial charge on any atom is 0.309 e. The van der Waals surface area contributed by atoms with Gasteiger partial charge in [-0.05, 0) is 58.8 Å². The monoisotopic (exact) mass is 378 g/mol. The van der Waals surface area contributed by atoms with Crippen molar-refractivity contribution in [2.45, 2.75) is 33.6 Å². The van der Waals surface area contributed by atoms with E-state index < -0.39 is 0 Å². The first-order chi connectivity index (χ1) is 13.1. The average Bonchev–Trinajstić information content (AvgIpc) is 2.65. The van der Waals surface area contributed by atoms with Gasteiger partial charge in [0.15, 0.2) is 0 Å². The normalized spacial score (nSPS) is 15.2. The largest absolute Gasteiger partial charge is 0.494 e. The number of hydrogen-bond acceptors (Lipinski definition) is 6. The topological polar surface area (TPSA) is 77.1 Å². The average molecular weight is 378 g/mol. The fourth-order valence-electron chi connectivity index (χ4n) is 3.12. The Morgan fingerprint density at radius 3 is 2.41 bits per heavy atom. The predicted octanol–water partition coefficient (Wildman–Crippen LogP) is 2.70. The molecule has 7 nitrogen and oxygen atoms in total. The van der Waals surface area contributed by atoms with Crippen molar-refractivity contribution in [3.8, 4) is 11.5 Å². The molecule has 0 spiro atoms. The molecule has 2 rings (SSSR count). The lowest BCUT2D eigenvalue weighted by Crippen LogP contribution is -2.41. The third-order valence-corrected chi connectivity index (χ3v) is 4.41. The summed E-state index contributed by atoms with van der Waals surface area (Å²) in [6.07, 6.45) is 1.44. The molecule has 1 aliphatic heterocycles. The molecule has 1 aliphatic rings. The van der Waals surface area contributed by atoms with Crippen LogP contribution in [0.3, 0.4) is 0 Å². The fourth-order valence-corrected chi connectivity index (χ4v) is 3.12. The molecule has 7 heteroatoms. The Balaban J connectivity index is 1.90. The molecule has 0 bridgehead atoms. The summed E-state index contributed by atoms with van der Waals surface area (Å²) in [5.41, 5.74) is 0.606. The van der Waals surface area contributed by atoms with Crippen LogP contribution in [0.5, 0.6) is 11.5 Å². The van der Waals surface area contributed by atoms with E-state index in [0.29, 0.717) is 50.1 Å². The second-order valence-corrected chi connectivity index (χ2v) is 6.37. The minimum Gasteiger partial charge on any atom is -0.494 e. The van der Waals surface area contributed by atoms with Gasteiger partial charge in [-0.2, -0.15) is 0 Å². The Bertz CT molecular complexity index is 627. The molecule has 27 heavy (non-hydrogen) atoms. The van der Waals surface area contributed by atoms with Gasteiger partial charge in [-0.25, -0.2) is 0 Å². The minimum absolute atomic E-state index is 0.0586. The predicted molar refractivity (Wildman–Crippen MR) is 103 cm³/mol. The lowest BCUT2D eigenvalue weighted by molar-refractivity contribution is -0.149. The van der Waals surface area contributed by atoms with Gasteiger partial charge in [-0.1, -0.05) is 0 Å². The Morgan fingerprint density at radius 1 is 1.07 bits per heavy atom. The smallest absolute Gasteiger partial charge is 0.309 e. The van der Waals surface area contributed by atoms with Gasteiger partial charge in [0.2, 0.25) is 5.91 Å². The molecular weight excluding hydrogens is 348 g/mol. The molecule has 1 N–H and O–H groups in total. The summed E-state index contributed by atoms with van der Waals surface area (Å²) in [7, 11) is 0. The van der Waals surface area contributed by atoms with Crippen molar-refractivity contribution in [3.63, 3.8) is 0 Å². The van der Waals surface area contributed by atoms with Crippen molar-refractivity contribution in [1.29, 1.82) is 0 Å². The molecule has 0 unspecified atom stereocenters. The highest BCUT2D eigenvalue weighted by Crippen LogP contribution is 2.29. The van der Waals surface area contributed by atoms with Gasteiger partial charge in [-0.15, -0.1) is 0 Å². The van der Waals surface area contributed by atoms with Gasteiger partial charge in [0, 0.05) is 6.07 Å². The lowest BCUT2D eigenvalue weighted by atomic mass is 9.97. The Hall–Kier alpha value is -2.28. The van der Waals surface area contributed by atoms with Gasteiger partial charge < -0.3 is 19.5 Å². The first-order valence-electron chi connectivity index (χ1n) is 9.65. The Kier molecular flexibility index (Phi) is 8.39. The molecule has 0 aliphatic carbocycles. The van der Waals surface area contributed by atoms with Gasteiger partial charge in [0.25, 0.3) is 0 Å². The van der Waals surface area contributed by atoms with Gasteiger partial charge in [-0.3, -0.25) is 14.5 Å². The van der Waals surface area contributed by atoms with Crippen LogP contribution in [0.1, 0.15) is 33.6 Å². The van der Waals surface area contributed by atoms with Crippen molar-refractivity contribution < 1.29 is 23.8 Å². The highest BCUT2D eigenvalue weighted by molar-refractivity contribution is 5.94. The molecule has 1 heterocycles. The van der Waals surface area contributed by atoms with Gasteiger partial charge in [0.05, 0.1) is 38.0 Å². The summed E-state index contributed by atoms with van der Waals surface area (Å²) >= 11 is 0. The van der Waals surface area contributed by atoms with Crippen molar-refractivity contribution >= 4 is 17.6 Å². The molecule has 150 valence electrons. The van der Waals surface area contributed by atoms with E-state index >= 15 is 0 Å². The van der Waals surface area contributed by atoms with Crippen LogP contribution in [0.2, 0.25) is 0 Å². The molecule has 1 fully saturated rings. The van der Waals surface area contributed by atoms with Crippen LogP contribution in [0, 0.1) is 5.92 Å². The van der Waals surface area contributed by atoms with E-state index in [-0.39, 0.29) is 24.3 Å². The van der Waals surface area contributed by atoms with E-state index in [4.69, 9.17) is 14.2 Å². The summed E-state index contributed by atoms with van der Waals surface area (Å²) < 4.78 is 16.2. The van der Waals surface area contributed by atoms with E-state index in [1.165, 1.54) is 0 Å². The summed E-state index contributed by atoms with van der Waals surface area (Å²) in [5, 5.41) is 2.92. The number of ether oxygens (including phenoxy) is 3. The molecule has 1 aromatic rings. The third-order valence-electron chi connectivity index (χ3n) is 4.41. The molecular formula is C20H30N2O5. The summed E-state index contributed by atoms with van der Waals surface area (Å²) in [6.45, 7) is 8.78. The number of likely N-dealkylation sites (tertiary alicyclic amines) is 1. The first-order valence-corrected chi connectivity index (χ1v) is 9.65. The van der Waals surface area contributed by atoms with Crippen LogP contribution >= 0.6 is 0 Å². The first kappa shape index (κ1) is 21.0. The standard InChI is InChI=1S/C20H30N2O5/c1-4-25-16-7-8-18(26-5-2)17(13-16)21-19(23)14-22-11-9-15(10-12-22)20(24)27-6-3/h7-8,13,15H,4-6,9-12,14H2,1-3H3,(H,21,23). The van der Waals surface area contributed by atoms with Crippen molar-refractivity contribution in [2.24, 2.45) is 5.92 Å². The molecule has 0 saturated carbocycles. The van der Waals surface area contributed by atoms with Gasteiger partial charge >= 0.3 is 5.97 Å². The second kappa shape index (κ2) is 10.8. The lowest BCUT2D eigenvalue weighted by Gasteiger charge is -2.30. The Labute approximate surface area is 161 Å². The number of nitrogens with one attached hydrogen (secondary N) is 1. The number of carbonyl (C=O) groups is 2. The van der Waals surface area contributed by atoms with Crippen molar-refractivity contribution in [3.05, 3.63) is 18.2 Å². The molecule has 0 radical (unpaired) electrons. The van der Waals surface area contributed by atoms with E-state index in [0.717, 1.165) is 12.8 Å². The number of rotatable bonds is 9. The molecule has 1 amide bonds. The number of hydrogen-bond donors (Lipinski definition) is 1. The summed E-state index contributed by atoms with van der Waals surface area (Å²) in [6, 6.07) is 5.40. The number of amides is 1.